The first-order valence-corrected chi connectivity index (χ1v) is 7.77. The fourth-order valence-electron chi connectivity index (χ4n) is 2.19. The zero-order valence-corrected chi connectivity index (χ0v) is 13.7. The van der Waals surface area contributed by atoms with Crippen LogP contribution < -0.4 is 5.32 Å². The Labute approximate surface area is 127 Å². The van der Waals surface area contributed by atoms with E-state index in [-0.39, 0.29) is 0 Å². The lowest BCUT2D eigenvalue weighted by molar-refractivity contribution is 0.0714. The monoisotopic (exact) mass is 299 g/mol. The molecule has 0 bridgehead atoms. The number of ether oxygens (including phenoxy) is 2. The summed E-state index contributed by atoms with van der Waals surface area (Å²) in [6.45, 7) is 9.30. The first kappa shape index (κ1) is 18.1. The number of nitrogens with zero attached hydrogens (tertiary/aromatic N) is 2. The smallest absolute Gasteiger partial charge is 0.228 e. The number of hydrogen-bond donors (Lipinski definition) is 1. The van der Waals surface area contributed by atoms with E-state index in [1.54, 1.807) is 7.11 Å². The van der Waals surface area contributed by atoms with Crippen molar-refractivity contribution in [1.29, 1.82) is 0 Å². The van der Waals surface area contributed by atoms with Crippen LogP contribution in [0.3, 0.4) is 0 Å². The molecule has 0 spiro atoms. The van der Waals surface area contributed by atoms with Gasteiger partial charge in [0.25, 0.3) is 0 Å². The Morgan fingerprint density at radius 3 is 2.71 bits per heavy atom. The van der Waals surface area contributed by atoms with E-state index in [9.17, 15) is 0 Å². The Kier molecular flexibility index (Phi) is 9.21. The SMILES string of the molecule is CCNC(Cc1nc(CCOCCOC)no1)CC(C)C. The largest absolute Gasteiger partial charge is 0.382 e. The summed E-state index contributed by atoms with van der Waals surface area (Å²) in [5.41, 5.74) is 0. The summed E-state index contributed by atoms with van der Waals surface area (Å²) in [7, 11) is 1.66. The molecule has 1 aromatic heterocycles. The van der Waals surface area contributed by atoms with Crippen molar-refractivity contribution in [3.63, 3.8) is 0 Å². The van der Waals surface area contributed by atoms with Gasteiger partial charge < -0.3 is 19.3 Å². The van der Waals surface area contributed by atoms with Gasteiger partial charge in [0, 0.05) is 26.0 Å². The van der Waals surface area contributed by atoms with E-state index in [1.165, 1.54) is 0 Å². The quantitative estimate of drug-likeness (QED) is 0.594. The van der Waals surface area contributed by atoms with Crippen LogP contribution in [0.5, 0.6) is 0 Å². The first-order valence-electron chi connectivity index (χ1n) is 7.77. The maximum Gasteiger partial charge on any atom is 0.228 e. The molecule has 21 heavy (non-hydrogen) atoms. The summed E-state index contributed by atoms with van der Waals surface area (Å²) in [4.78, 5) is 4.43. The van der Waals surface area contributed by atoms with Crippen molar-refractivity contribution in [3.8, 4) is 0 Å². The second-order valence-corrected chi connectivity index (χ2v) is 5.55. The fourth-order valence-corrected chi connectivity index (χ4v) is 2.19. The maximum absolute atomic E-state index is 5.40. The van der Waals surface area contributed by atoms with E-state index in [2.05, 4.69) is 36.2 Å². The highest BCUT2D eigenvalue weighted by molar-refractivity contribution is 4.90. The molecule has 0 aliphatic carbocycles. The Morgan fingerprint density at radius 1 is 1.24 bits per heavy atom. The van der Waals surface area contributed by atoms with E-state index in [0.717, 1.165) is 19.4 Å². The molecule has 1 rings (SSSR count). The number of nitrogens with one attached hydrogen (secondary N) is 1. The van der Waals surface area contributed by atoms with Gasteiger partial charge in [-0.1, -0.05) is 25.9 Å². The van der Waals surface area contributed by atoms with E-state index in [4.69, 9.17) is 14.0 Å². The van der Waals surface area contributed by atoms with Gasteiger partial charge in [0.1, 0.15) is 0 Å². The van der Waals surface area contributed by atoms with Crippen molar-refractivity contribution in [2.75, 3.05) is 33.5 Å². The van der Waals surface area contributed by atoms with E-state index in [0.29, 0.717) is 49.9 Å². The van der Waals surface area contributed by atoms with Gasteiger partial charge in [-0.25, -0.2) is 0 Å². The minimum Gasteiger partial charge on any atom is -0.382 e. The third kappa shape index (κ3) is 8.14. The summed E-state index contributed by atoms with van der Waals surface area (Å²) < 4.78 is 15.6. The van der Waals surface area contributed by atoms with Gasteiger partial charge in [-0.2, -0.15) is 4.98 Å². The molecule has 0 saturated carbocycles. The van der Waals surface area contributed by atoms with Crippen molar-refractivity contribution in [2.45, 2.75) is 46.1 Å². The van der Waals surface area contributed by atoms with Crippen LogP contribution in [0.4, 0.5) is 0 Å². The normalized spacial score (nSPS) is 13.0. The fraction of sp³-hybridized carbons (Fsp3) is 0.867. The highest BCUT2D eigenvalue weighted by Crippen LogP contribution is 2.10. The maximum atomic E-state index is 5.40. The molecular weight excluding hydrogens is 270 g/mol. The molecule has 6 heteroatoms. The summed E-state index contributed by atoms with van der Waals surface area (Å²) in [5, 5.41) is 7.47. The molecule has 1 aromatic rings. The Hall–Kier alpha value is -0.980. The minimum absolute atomic E-state index is 0.390. The van der Waals surface area contributed by atoms with Crippen LogP contribution in [0.2, 0.25) is 0 Å². The second kappa shape index (κ2) is 10.7. The molecule has 0 amide bonds. The first-order chi connectivity index (χ1) is 10.2. The van der Waals surface area contributed by atoms with E-state index in [1.807, 2.05) is 0 Å². The van der Waals surface area contributed by atoms with Crippen LogP contribution in [0.15, 0.2) is 4.52 Å². The molecule has 6 nitrogen and oxygen atoms in total. The van der Waals surface area contributed by atoms with Gasteiger partial charge in [-0.15, -0.1) is 0 Å². The molecule has 1 unspecified atom stereocenters. The predicted molar refractivity (Wildman–Crippen MR) is 81.3 cm³/mol. The summed E-state index contributed by atoms with van der Waals surface area (Å²) in [5.74, 6) is 2.06. The average molecular weight is 299 g/mol. The number of hydrogen-bond acceptors (Lipinski definition) is 6. The number of methoxy groups -OCH3 is 1. The minimum atomic E-state index is 0.390. The molecule has 0 fully saturated rings. The molecule has 0 aromatic carbocycles. The standard InChI is InChI=1S/C15H29N3O3/c1-5-16-13(10-12(2)3)11-15-17-14(18-21-15)6-7-20-9-8-19-4/h12-13,16H,5-11H2,1-4H3. The summed E-state index contributed by atoms with van der Waals surface area (Å²) in [6, 6.07) is 0.390. The second-order valence-electron chi connectivity index (χ2n) is 5.55. The van der Waals surface area contributed by atoms with Crippen molar-refractivity contribution >= 4 is 0 Å². The third-order valence-electron chi connectivity index (χ3n) is 3.08. The molecule has 0 aliphatic heterocycles. The molecule has 1 N–H and O–H groups in total. The van der Waals surface area contributed by atoms with Crippen LogP contribution in [0, 0.1) is 5.92 Å². The number of rotatable bonds is 12. The predicted octanol–water partition coefficient (Wildman–Crippen LogP) is 1.84. The molecule has 1 atom stereocenters. The van der Waals surface area contributed by atoms with Crippen LogP contribution in [0.1, 0.15) is 38.9 Å². The van der Waals surface area contributed by atoms with Gasteiger partial charge in [-0.3, -0.25) is 0 Å². The lowest BCUT2D eigenvalue weighted by Gasteiger charge is -2.17. The average Bonchev–Trinajstić information content (AvgIpc) is 2.85. The highest BCUT2D eigenvalue weighted by atomic mass is 16.5. The molecule has 0 aliphatic rings. The zero-order chi connectivity index (χ0) is 15.5. The summed E-state index contributed by atoms with van der Waals surface area (Å²) >= 11 is 0. The van der Waals surface area contributed by atoms with E-state index >= 15 is 0 Å². The van der Waals surface area contributed by atoms with Gasteiger partial charge in [0.15, 0.2) is 5.82 Å². The van der Waals surface area contributed by atoms with Crippen LogP contribution in [-0.4, -0.2) is 49.7 Å². The van der Waals surface area contributed by atoms with Crippen molar-refractivity contribution in [2.24, 2.45) is 5.92 Å². The third-order valence-corrected chi connectivity index (χ3v) is 3.08. The number of aromatic nitrogens is 2. The Bertz CT molecular complexity index is 369. The number of likely N-dealkylation sites (N-methyl/N-ethyl adjacent to an activating group) is 1. The van der Waals surface area contributed by atoms with Crippen LogP contribution in [0.25, 0.3) is 0 Å². The van der Waals surface area contributed by atoms with Gasteiger partial charge in [0.05, 0.1) is 19.8 Å². The van der Waals surface area contributed by atoms with Crippen molar-refractivity contribution in [1.82, 2.24) is 15.5 Å². The summed E-state index contributed by atoms with van der Waals surface area (Å²) in [6.07, 6.45) is 2.55. The van der Waals surface area contributed by atoms with Crippen molar-refractivity contribution in [3.05, 3.63) is 11.7 Å². The van der Waals surface area contributed by atoms with Crippen LogP contribution in [-0.2, 0) is 22.3 Å². The lowest BCUT2D eigenvalue weighted by Crippen LogP contribution is -2.32. The Morgan fingerprint density at radius 2 is 2.05 bits per heavy atom. The lowest BCUT2D eigenvalue weighted by atomic mass is 10.0. The van der Waals surface area contributed by atoms with Gasteiger partial charge in [0.2, 0.25) is 5.89 Å². The van der Waals surface area contributed by atoms with Gasteiger partial charge in [-0.05, 0) is 18.9 Å². The molecule has 0 radical (unpaired) electrons. The topological polar surface area (TPSA) is 69.4 Å². The molecular formula is C15H29N3O3. The zero-order valence-electron chi connectivity index (χ0n) is 13.7. The van der Waals surface area contributed by atoms with Gasteiger partial charge >= 0.3 is 0 Å². The van der Waals surface area contributed by atoms with Crippen LogP contribution >= 0.6 is 0 Å². The van der Waals surface area contributed by atoms with Crippen molar-refractivity contribution < 1.29 is 14.0 Å². The van der Waals surface area contributed by atoms with E-state index < -0.39 is 0 Å². The molecule has 1 heterocycles. The Balaban J connectivity index is 2.35. The molecule has 122 valence electrons. The molecule has 0 saturated heterocycles. The highest BCUT2D eigenvalue weighted by Gasteiger charge is 2.15.